The Morgan fingerprint density at radius 2 is 2.00 bits per heavy atom. The molecular formula is C13H18ClN3O3S. The summed E-state index contributed by atoms with van der Waals surface area (Å²) in [6.07, 6.45) is 3.75. The molecule has 1 aromatic heterocycles. The number of aromatic nitrogens is 1. The summed E-state index contributed by atoms with van der Waals surface area (Å²) in [5, 5.41) is 0.163. The fraction of sp³-hybridized carbons (Fsp3) is 0.538. The van der Waals surface area contributed by atoms with Gasteiger partial charge in [0.2, 0.25) is 15.9 Å². The van der Waals surface area contributed by atoms with E-state index in [0.29, 0.717) is 25.9 Å². The van der Waals surface area contributed by atoms with Crippen LogP contribution in [0.1, 0.15) is 12.8 Å². The zero-order valence-corrected chi connectivity index (χ0v) is 13.6. The van der Waals surface area contributed by atoms with Crippen molar-refractivity contribution >= 4 is 27.5 Å². The second-order valence-electron chi connectivity index (χ2n) is 5.22. The van der Waals surface area contributed by atoms with Crippen LogP contribution in [0.25, 0.3) is 0 Å². The van der Waals surface area contributed by atoms with Crippen LogP contribution in [0.4, 0.5) is 0 Å². The van der Waals surface area contributed by atoms with E-state index in [2.05, 4.69) is 4.98 Å². The Kier molecular flexibility index (Phi) is 4.85. The Balaban J connectivity index is 2.12. The van der Waals surface area contributed by atoms with E-state index in [9.17, 15) is 13.2 Å². The highest BCUT2D eigenvalue weighted by Crippen LogP contribution is 2.27. The minimum Gasteiger partial charge on any atom is -0.349 e. The van der Waals surface area contributed by atoms with Crippen molar-refractivity contribution in [2.75, 3.05) is 27.2 Å². The molecule has 1 aliphatic heterocycles. The zero-order chi connectivity index (χ0) is 15.6. The van der Waals surface area contributed by atoms with Gasteiger partial charge in [0.25, 0.3) is 0 Å². The van der Waals surface area contributed by atoms with E-state index in [0.717, 1.165) is 0 Å². The van der Waals surface area contributed by atoms with Crippen LogP contribution in [0.3, 0.4) is 0 Å². The average Bonchev–Trinajstić information content (AvgIpc) is 2.46. The molecule has 6 nitrogen and oxygen atoms in total. The van der Waals surface area contributed by atoms with Gasteiger partial charge in [0, 0.05) is 45.5 Å². The van der Waals surface area contributed by atoms with Gasteiger partial charge < -0.3 is 4.90 Å². The summed E-state index contributed by atoms with van der Waals surface area (Å²) in [6.45, 7) is 0.635. The van der Waals surface area contributed by atoms with E-state index in [1.807, 2.05) is 0 Å². The lowest BCUT2D eigenvalue weighted by atomic mass is 9.97. The molecule has 0 saturated carbocycles. The van der Waals surface area contributed by atoms with Crippen LogP contribution < -0.4 is 0 Å². The monoisotopic (exact) mass is 331 g/mol. The van der Waals surface area contributed by atoms with Gasteiger partial charge in [-0.1, -0.05) is 11.6 Å². The quantitative estimate of drug-likeness (QED) is 0.835. The molecule has 1 aromatic rings. The van der Waals surface area contributed by atoms with Crippen LogP contribution in [0.2, 0.25) is 5.02 Å². The van der Waals surface area contributed by atoms with Gasteiger partial charge in [-0.3, -0.25) is 9.78 Å². The lowest BCUT2D eigenvalue weighted by Crippen LogP contribution is -2.42. The Morgan fingerprint density at radius 1 is 1.38 bits per heavy atom. The Bertz CT molecular complexity index is 625. The minimum absolute atomic E-state index is 0.0176. The molecule has 2 rings (SSSR count). The Labute approximate surface area is 129 Å². The van der Waals surface area contributed by atoms with E-state index in [1.165, 1.54) is 22.8 Å². The maximum absolute atomic E-state index is 12.5. The first kappa shape index (κ1) is 16.2. The maximum Gasteiger partial charge on any atom is 0.246 e. The lowest BCUT2D eigenvalue weighted by Gasteiger charge is -2.31. The van der Waals surface area contributed by atoms with Crippen molar-refractivity contribution in [3.8, 4) is 0 Å². The predicted molar refractivity (Wildman–Crippen MR) is 79.4 cm³/mol. The molecule has 0 N–H and O–H groups in total. The molecule has 0 spiro atoms. The van der Waals surface area contributed by atoms with Gasteiger partial charge in [-0.25, -0.2) is 8.42 Å². The summed E-state index contributed by atoms with van der Waals surface area (Å²) in [4.78, 5) is 17.3. The number of rotatable bonds is 3. The highest BCUT2D eigenvalue weighted by Gasteiger charge is 2.33. The fourth-order valence-corrected chi connectivity index (χ4v) is 4.28. The topological polar surface area (TPSA) is 70.6 Å². The van der Waals surface area contributed by atoms with Crippen molar-refractivity contribution in [2.45, 2.75) is 17.7 Å². The molecule has 0 aromatic carbocycles. The molecule has 116 valence electrons. The number of sulfonamides is 1. The minimum atomic E-state index is -3.65. The fourth-order valence-electron chi connectivity index (χ4n) is 2.40. The van der Waals surface area contributed by atoms with Crippen LogP contribution in [-0.2, 0) is 14.8 Å². The summed E-state index contributed by atoms with van der Waals surface area (Å²) in [5.74, 6) is -0.0673. The van der Waals surface area contributed by atoms with Crippen LogP contribution in [0.15, 0.2) is 23.4 Å². The van der Waals surface area contributed by atoms with Gasteiger partial charge in [-0.15, -0.1) is 0 Å². The van der Waals surface area contributed by atoms with E-state index < -0.39 is 10.0 Å². The molecule has 1 fully saturated rings. The van der Waals surface area contributed by atoms with Crippen LogP contribution >= 0.6 is 11.6 Å². The molecular weight excluding hydrogens is 314 g/mol. The van der Waals surface area contributed by atoms with E-state index in [4.69, 9.17) is 11.6 Å². The third-order valence-electron chi connectivity index (χ3n) is 3.60. The number of amides is 1. The molecule has 1 saturated heterocycles. The predicted octanol–water partition coefficient (Wildman–Crippen LogP) is 1.22. The zero-order valence-electron chi connectivity index (χ0n) is 12.0. The first-order valence-electron chi connectivity index (χ1n) is 6.65. The second-order valence-corrected chi connectivity index (χ2v) is 7.53. The van der Waals surface area contributed by atoms with Crippen molar-refractivity contribution in [2.24, 2.45) is 5.92 Å². The Hall–Kier alpha value is -1.18. The molecule has 0 atom stereocenters. The number of pyridine rings is 1. The molecule has 21 heavy (non-hydrogen) atoms. The number of piperidine rings is 1. The molecule has 8 heteroatoms. The third-order valence-corrected chi connectivity index (χ3v) is 5.96. The van der Waals surface area contributed by atoms with Gasteiger partial charge >= 0.3 is 0 Å². The first-order chi connectivity index (χ1) is 9.84. The third kappa shape index (κ3) is 3.36. The molecule has 0 aliphatic carbocycles. The number of hydrogen-bond donors (Lipinski definition) is 0. The number of halogens is 1. The molecule has 2 heterocycles. The van der Waals surface area contributed by atoms with Gasteiger partial charge in [0.15, 0.2) is 0 Å². The summed E-state index contributed by atoms with van der Waals surface area (Å²) in [5.41, 5.74) is 0. The van der Waals surface area contributed by atoms with Crippen LogP contribution in [-0.4, -0.2) is 55.7 Å². The number of carbonyl (C=O) groups is 1. The van der Waals surface area contributed by atoms with Gasteiger partial charge in [0.1, 0.15) is 4.90 Å². The smallest absolute Gasteiger partial charge is 0.246 e. The van der Waals surface area contributed by atoms with E-state index in [-0.39, 0.29) is 21.7 Å². The van der Waals surface area contributed by atoms with Crippen molar-refractivity contribution in [3.63, 3.8) is 0 Å². The largest absolute Gasteiger partial charge is 0.349 e. The SMILES string of the molecule is CN(C)C(=O)C1CCN(S(=O)(=O)c2cnccc2Cl)CC1. The lowest BCUT2D eigenvalue weighted by molar-refractivity contribution is -0.134. The molecule has 0 unspecified atom stereocenters. The molecule has 1 aliphatic rings. The van der Waals surface area contributed by atoms with Crippen LogP contribution in [0, 0.1) is 5.92 Å². The highest BCUT2D eigenvalue weighted by molar-refractivity contribution is 7.89. The van der Waals surface area contributed by atoms with Crippen molar-refractivity contribution in [1.29, 1.82) is 0 Å². The second kappa shape index (κ2) is 6.29. The number of nitrogens with zero attached hydrogens (tertiary/aromatic N) is 3. The molecule has 0 bridgehead atoms. The number of hydrogen-bond acceptors (Lipinski definition) is 4. The first-order valence-corrected chi connectivity index (χ1v) is 8.46. The van der Waals surface area contributed by atoms with Crippen molar-refractivity contribution in [3.05, 3.63) is 23.5 Å². The van der Waals surface area contributed by atoms with E-state index >= 15 is 0 Å². The summed E-state index contributed by atoms with van der Waals surface area (Å²) >= 11 is 5.94. The average molecular weight is 332 g/mol. The summed E-state index contributed by atoms with van der Waals surface area (Å²) < 4.78 is 26.4. The van der Waals surface area contributed by atoms with Crippen molar-refractivity contribution < 1.29 is 13.2 Å². The normalized spacial score (nSPS) is 17.7. The number of carbonyl (C=O) groups excluding carboxylic acids is 1. The Morgan fingerprint density at radius 3 is 2.52 bits per heavy atom. The summed E-state index contributed by atoms with van der Waals surface area (Å²) in [7, 11) is -0.230. The maximum atomic E-state index is 12.5. The van der Waals surface area contributed by atoms with Crippen molar-refractivity contribution in [1.82, 2.24) is 14.2 Å². The standard InChI is InChI=1S/C13H18ClN3O3S/c1-16(2)13(18)10-4-7-17(8-5-10)21(19,20)12-9-15-6-3-11(12)14/h3,6,9-10H,4-5,7-8H2,1-2H3. The molecule has 1 amide bonds. The highest BCUT2D eigenvalue weighted by atomic mass is 35.5. The summed E-state index contributed by atoms with van der Waals surface area (Å²) in [6, 6.07) is 1.46. The molecule has 0 radical (unpaired) electrons. The van der Waals surface area contributed by atoms with Gasteiger partial charge in [-0.2, -0.15) is 4.31 Å². The van der Waals surface area contributed by atoms with E-state index in [1.54, 1.807) is 19.0 Å². The van der Waals surface area contributed by atoms with Gasteiger partial charge in [0.05, 0.1) is 5.02 Å². The van der Waals surface area contributed by atoms with Gasteiger partial charge in [-0.05, 0) is 18.9 Å². The van der Waals surface area contributed by atoms with Crippen LogP contribution in [0.5, 0.6) is 0 Å².